The quantitative estimate of drug-likeness (QED) is 0.425. The largest absolute Gasteiger partial charge is 0.271 e. The zero-order valence-corrected chi connectivity index (χ0v) is 9.91. The van der Waals surface area contributed by atoms with Crippen LogP contribution in [0.25, 0.3) is 0 Å². The number of hydrogen-bond donors (Lipinski definition) is 2. The molecule has 2 unspecified atom stereocenters. The normalized spacial score (nSPS) is 28.2. The van der Waals surface area contributed by atoms with Crippen molar-refractivity contribution in [3.05, 3.63) is 0 Å². The van der Waals surface area contributed by atoms with Gasteiger partial charge in [-0.15, -0.1) is 11.8 Å². The minimum atomic E-state index is 0.324. The maximum Gasteiger partial charge on any atom is 0.0363 e. The van der Waals surface area contributed by atoms with Crippen LogP contribution in [0, 0.1) is 11.8 Å². The lowest BCUT2D eigenvalue weighted by Gasteiger charge is -2.32. The molecule has 1 aliphatic heterocycles. The second-order valence-corrected chi connectivity index (χ2v) is 5.58. The van der Waals surface area contributed by atoms with Gasteiger partial charge in [-0.2, -0.15) is 11.8 Å². The lowest BCUT2D eigenvalue weighted by molar-refractivity contribution is 0.390. The smallest absolute Gasteiger partial charge is 0.0363 e. The van der Waals surface area contributed by atoms with Gasteiger partial charge in [0.1, 0.15) is 0 Å². The van der Waals surface area contributed by atoms with E-state index < -0.39 is 0 Å². The summed E-state index contributed by atoms with van der Waals surface area (Å²) < 4.78 is 0.324. The molecule has 0 amide bonds. The lowest BCUT2D eigenvalue weighted by atomic mass is 9.93. The van der Waals surface area contributed by atoms with Crippen molar-refractivity contribution in [3.8, 4) is 11.8 Å². The first kappa shape index (κ1) is 11.9. The van der Waals surface area contributed by atoms with Crippen molar-refractivity contribution in [1.82, 2.24) is 5.43 Å². The number of hydrazine groups is 1. The average Bonchev–Trinajstić information content (AvgIpc) is 2.61. The molecule has 0 saturated carbocycles. The molecule has 0 spiro atoms. The van der Waals surface area contributed by atoms with E-state index in [9.17, 15) is 0 Å². The molecule has 0 radical (unpaired) electrons. The standard InChI is InChI=1S/C11H20N2S/c1-3-4-5-7-10(13-12)11(2)8-6-9-14-11/h10,13H,5-9,12H2,1-2H3. The predicted octanol–water partition coefficient (Wildman–Crippen LogP) is 1.91. The fourth-order valence-electron chi connectivity index (χ4n) is 1.98. The minimum absolute atomic E-state index is 0.324. The monoisotopic (exact) mass is 212 g/mol. The van der Waals surface area contributed by atoms with Gasteiger partial charge in [-0.3, -0.25) is 11.3 Å². The van der Waals surface area contributed by atoms with Gasteiger partial charge in [-0.05, 0) is 38.9 Å². The van der Waals surface area contributed by atoms with E-state index in [1.54, 1.807) is 0 Å². The molecule has 80 valence electrons. The maximum absolute atomic E-state index is 5.61. The summed E-state index contributed by atoms with van der Waals surface area (Å²) in [5.74, 6) is 12.9. The summed E-state index contributed by atoms with van der Waals surface area (Å²) in [6.45, 7) is 4.20. The zero-order chi connectivity index (χ0) is 10.4. The van der Waals surface area contributed by atoms with Crippen molar-refractivity contribution < 1.29 is 0 Å². The molecule has 0 aromatic heterocycles. The van der Waals surface area contributed by atoms with Crippen LogP contribution in [-0.4, -0.2) is 16.5 Å². The van der Waals surface area contributed by atoms with E-state index in [0.29, 0.717) is 10.8 Å². The summed E-state index contributed by atoms with van der Waals surface area (Å²) in [5, 5.41) is 0. The number of thioether (sulfide) groups is 1. The third-order valence-corrected chi connectivity index (χ3v) is 4.56. The molecule has 0 aromatic rings. The molecule has 1 fully saturated rings. The maximum atomic E-state index is 5.61. The van der Waals surface area contributed by atoms with E-state index in [0.717, 1.165) is 12.8 Å². The molecule has 0 bridgehead atoms. The Labute approximate surface area is 91.4 Å². The highest BCUT2D eigenvalue weighted by molar-refractivity contribution is 8.00. The summed E-state index contributed by atoms with van der Waals surface area (Å²) in [6, 6.07) is 0.399. The molecule has 2 atom stereocenters. The van der Waals surface area contributed by atoms with Crippen molar-refractivity contribution in [1.29, 1.82) is 0 Å². The van der Waals surface area contributed by atoms with Gasteiger partial charge < -0.3 is 0 Å². The van der Waals surface area contributed by atoms with E-state index in [-0.39, 0.29) is 0 Å². The SMILES string of the molecule is CC#CCCC(NN)C1(C)CCCS1. The molecular formula is C11H20N2S. The third kappa shape index (κ3) is 2.91. The fraction of sp³-hybridized carbons (Fsp3) is 0.818. The Kier molecular flexibility index (Phi) is 4.80. The minimum Gasteiger partial charge on any atom is -0.271 e. The molecule has 3 heteroatoms. The van der Waals surface area contributed by atoms with Crippen LogP contribution in [0.1, 0.15) is 39.5 Å². The number of hydrogen-bond acceptors (Lipinski definition) is 3. The van der Waals surface area contributed by atoms with Crippen LogP contribution in [0.5, 0.6) is 0 Å². The summed E-state index contributed by atoms with van der Waals surface area (Å²) in [6.07, 6.45) is 4.59. The molecule has 1 aliphatic rings. The van der Waals surface area contributed by atoms with Gasteiger partial charge >= 0.3 is 0 Å². The van der Waals surface area contributed by atoms with Crippen molar-refractivity contribution in [2.45, 2.75) is 50.3 Å². The summed E-state index contributed by atoms with van der Waals surface area (Å²) in [7, 11) is 0. The molecule has 1 saturated heterocycles. The molecule has 0 aromatic carbocycles. The second kappa shape index (κ2) is 5.65. The molecule has 0 aliphatic carbocycles. The van der Waals surface area contributed by atoms with Crippen LogP contribution >= 0.6 is 11.8 Å². The number of rotatable bonds is 4. The van der Waals surface area contributed by atoms with Gasteiger partial charge in [-0.25, -0.2) is 0 Å². The van der Waals surface area contributed by atoms with E-state index in [1.807, 2.05) is 18.7 Å². The van der Waals surface area contributed by atoms with Crippen molar-refractivity contribution in [2.24, 2.45) is 5.84 Å². The topological polar surface area (TPSA) is 38.0 Å². The van der Waals surface area contributed by atoms with Gasteiger partial charge in [0.25, 0.3) is 0 Å². The Balaban J connectivity index is 2.46. The Morgan fingerprint density at radius 2 is 2.43 bits per heavy atom. The van der Waals surface area contributed by atoms with Crippen LogP contribution in [0.3, 0.4) is 0 Å². The predicted molar refractivity (Wildman–Crippen MR) is 63.9 cm³/mol. The van der Waals surface area contributed by atoms with Crippen LogP contribution in [0.4, 0.5) is 0 Å². The highest BCUT2D eigenvalue weighted by atomic mass is 32.2. The van der Waals surface area contributed by atoms with E-state index in [2.05, 4.69) is 24.2 Å². The molecule has 2 nitrogen and oxygen atoms in total. The van der Waals surface area contributed by atoms with Gasteiger partial charge in [0.15, 0.2) is 0 Å². The van der Waals surface area contributed by atoms with Crippen molar-refractivity contribution in [2.75, 3.05) is 5.75 Å². The second-order valence-electron chi connectivity index (χ2n) is 3.95. The highest BCUT2D eigenvalue weighted by Crippen LogP contribution is 2.41. The summed E-state index contributed by atoms with van der Waals surface area (Å²) in [5.41, 5.74) is 2.95. The number of nitrogens with two attached hydrogens (primary N) is 1. The Morgan fingerprint density at radius 1 is 1.64 bits per heavy atom. The number of nitrogens with one attached hydrogen (secondary N) is 1. The first-order chi connectivity index (χ1) is 6.73. The van der Waals surface area contributed by atoms with Crippen LogP contribution in [0.15, 0.2) is 0 Å². The fourth-order valence-corrected chi connectivity index (χ4v) is 3.41. The van der Waals surface area contributed by atoms with Crippen molar-refractivity contribution >= 4 is 11.8 Å². The van der Waals surface area contributed by atoms with E-state index in [4.69, 9.17) is 5.84 Å². The highest BCUT2D eigenvalue weighted by Gasteiger charge is 2.36. The zero-order valence-electron chi connectivity index (χ0n) is 9.10. The Morgan fingerprint density at radius 3 is 2.93 bits per heavy atom. The van der Waals surface area contributed by atoms with E-state index >= 15 is 0 Å². The summed E-state index contributed by atoms with van der Waals surface area (Å²) >= 11 is 2.04. The Hall–Kier alpha value is -0.170. The van der Waals surface area contributed by atoms with Crippen molar-refractivity contribution in [3.63, 3.8) is 0 Å². The third-order valence-electron chi connectivity index (χ3n) is 2.92. The molecule has 1 heterocycles. The molecule has 1 rings (SSSR count). The van der Waals surface area contributed by atoms with E-state index in [1.165, 1.54) is 18.6 Å². The molecule has 14 heavy (non-hydrogen) atoms. The van der Waals surface area contributed by atoms with Gasteiger partial charge in [0.05, 0.1) is 0 Å². The van der Waals surface area contributed by atoms with Gasteiger partial charge in [-0.1, -0.05) is 0 Å². The molecular weight excluding hydrogens is 192 g/mol. The average molecular weight is 212 g/mol. The summed E-state index contributed by atoms with van der Waals surface area (Å²) in [4.78, 5) is 0. The first-order valence-electron chi connectivity index (χ1n) is 5.22. The first-order valence-corrected chi connectivity index (χ1v) is 6.21. The van der Waals surface area contributed by atoms with Crippen LogP contribution in [-0.2, 0) is 0 Å². The van der Waals surface area contributed by atoms with Crippen LogP contribution < -0.4 is 11.3 Å². The Bertz CT molecular complexity index is 223. The lowest BCUT2D eigenvalue weighted by Crippen LogP contribution is -2.48. The van der Waals surface area contributed by atoms with Gasteiger partial charge in [0.2, 0.25) is 0 Å². The van der Waals surface area contributed by atoms with Crippen LogP contribution in [0.2, 0.25) is 0 Å². The van der Waals surface area contributed by atoms with Gasteiger partial charge in [0, 0.05) is 17.2 Å². The molecule has 3 N–H and O–H groups in total.